The van der Waals surface area contributed by atoms with Gasteiger partial charge in [0, 0.05) is 17.1 Å². The van der Waals surface area contributed by atoms with Gasteiger partial charge in [-0.15, -0.1) is 0 Å². The number of nitrogens with zero attached hydrogens (tertiary/aromatic N) is 1. The van der Waals surface area contributed by atoms with E-state index in [9.17, 15) is 0 Å². The third-order valence-electron chi connectivity index (χ3n) is 4.44. The van der Waals surface area contributed by atoms with Gasteiger partial charge < -0.3 is 5.32 Å². The molecule has 0 saturated carbocycles. The van der Waals surface area contributed by atoms with Crippen LogP contribution in [-0.4, -0.2) is 31.1 Å². The molecule has 0 aromatic heterocycles. The van der Waals surface area contributed by atoms with Gasteiger partial charge >= 0.3 is 0 Å². The molecule has 1 aliphatic heterocycles. The normalized spacial score (nSPS) is 21.9. The smallest absolute Gasteiger partial charge is 0.0406 e. The molecule has 2 rings (SSSR count). The second kappa shape index (κ2) is 8.02. The second-order valence-electron chi connectivity index (χ2n) is 5.76. The fraction of sp³-hybridized carbons (Fsp3) is 0.647. The Morgan fingerprint density at radius 2 is 2.05 bits per heavy atom. The summed E-state index contributed by atoms with van der Waals surface area (Å²) in [6.45, 7) is 4.64. The molecular formula is C17H27ClN2. The Bertz CT molecular complexity index is 390. The van der Waals surface area contributed by atoms with Crippen molar-refractivity contribution in [3.8, 4) is 0 Å². The van der Waals surface area contributed by atoms with Crippen LogP contribution in [0.4, 0.5) is 0 Å². The third-order valence-corrected chi connectivity index (χ3v) is 4.69. The Kier molecular flexibility index (Phi) is 6.34. The summed E-state index contributed by atoms with van der Waals surface area (Å²) >= 11 is 6.02. The molecule has 0 aliphatic carbocycles. The van der Waals surface area contributed by atoms with Crippen molar-refractivity contribution in [2.75, 3.05) is 20.1 Å². The number of benzene rings is 1. The number of hydrogen-bond donors (Lipinski definition) is 1. The molecule has 1 saturated heterocycles. The van der Waals surface area contributed by atoms with Gasteiger partial charge in [0.2, 0.25) is 0 Å². The Morgan fingerprint density at radius 3 is 2.70 bits per heavy atom. The summed E-state index contributed by atoms with van der Waals surface area (Å²) in [4.78, 5) is 2.73. The van der Waals surface area contributed by atoms with Gasteiger partial charge in [-0.25, -0.2) is 0 Å². The van der Waals surface area contributed by atoms with Crippen LogP contribution in [0, 0.1) is 0 Å². The van der Waals surface area contributed by atoms with Crippen LogP contribution in [0.25, 0.3) is 0 Å². The first kappa shape index (κ1) is 15.8. The largest absolute Gasteiger partial charge is 0.320 e. The van der Waals surface area contributed by atoms with E-state index in [4.69, 9.17) is 11.6 Å². The summed E-state index contributed by atoms with van der Waals surface area (Å²) in [6, 6.07) is 9.69. The molecule has 1 fully saturated rings. The van der Waals surface area contributed by atoms with Crippen molar-refractivity contribution in [3.05, 3.63) is 34.9 Å². The van der Waals surface area contributed by atoms with Crippen LogP contribution in [0.5, 0.6) is 0 Å². The standard InChI is InChI=1S/C17H27ClN2/c1-3-17(14-7-9-15(18)10-8-14)20-13-5-4-6-16(20)11-12-19-2/h7-10,16-17,19H,3-6,11-13H2,1-2H3. The van der Waals surface area contributed by atoms with E-state index in [0.717, 1.165) is 24.0 Å². The molecular weight excluding hydrogens is 268 g/mol. The second-order valence-corrected chi connectivity index (χ2v) is 6.19. The van der Waals surface area contributed by atoms with Gasteiger partial charge in [0.05, 0.1) is 0 Å². The summed E-state index contributed by atoms with van der Waals surface area (Å²) in [7, 11) is 2.05. The Labute approximate surface area is 128 Å². The number of hydrogen-bond acceptors (Lipinski definition) is 2. The molecule has 0 bridgehead atoms. The predicted octanol–water partition coefficient (Wildman–Crippen LogP) is 4.26. The van der Waals surface area contributed by atoms with Crippen LogP contribution in [0.2, 0.25) is 5.02 Å². The minimum atomic E-state index is 0.537. The van der Waals surface area contributed by atoms with E-state index in [1.54, 1.807) is 0 Å². The fourth-order valence-corrected chi connectivity index (χ4v) is 3.53. The van der Waals surface area contributed by atoms with Crippen molar-refractivity contribution in [1.29, 1.82) is 0 Å². The fourth-order valence-electron chi connectivity index (χ4n) is 3.40. The zero-order chi connectivity index (χ0) is 14.4. The first-order valence-corrected chi connectivity index (χ1v) is 8.30. The highest BCUT2D eigenvalue weighted by molar-refractivity contribution is 6.30. The van der Waals surface area contributed by atoms with E-state index < -0.39 is 0 Å². The third kappa shape index (κ3) is 3.97. The quantitative estimate of drug-likeness (QED) is 0.843. The Hall–Kier alpha value is -0.570. The van der Waals surface area contributed by atoms with Crippen molar-refractivity contribution < 1.29 is 0 Å². The van der Waals surface area contributed by atoms with Crippen LogP contribution in [0.1, 0.15) is 50.6 Å². The highest BCUT2D eigenvalue weighted by Crippen LogP contribution is 2.32. The van der Waals surface area contributed by atoms with Gasteiger partial charge in [-0.05, 0) is 63.5 Å². The lowest BCUT2D eigenvalue weighted by atomic mass is 9.93. The SMILES string of the molecule is CCC(c1ccc(Cl)cc1)N1CCCCC1CCNC. The lowest BCUT2D eigenvalue weighted by molar-refractivity contribution is 0.0860. The minimum Gasteiger partial charge on any atom is -0.320 e. The number of piperidine rings is 1. The van der Waals surface area contributed by atoms with Gasteiger partial charge in [-0.2, -0.15) is 0 Å². The maximum Gasteiger partial charge on any atom is 0.0406 e. The van der Waals surface area contributed by atoms with Gasteiger partial charge in [0.15, 0.2) is 0 Å². The minimum absolute atomic E-state index is 0.537. The lowest BCUT2D eigenvalue weighted by Crippen LogP contribution is -2.43. The molecule has 0 radical (unpaired) electrons. The van der Waals surface area contributed by atoms with Gasteiger partial charge in [0.1, 0.15) is 0 Å². The first-order valence-electron chi connectivity index (χ1n) is 7.92. The highest BCUT2D eigenvalue weighted by atomic mass is 35.5. The molecule has 1 N–H and O–H groups in total. The van der Waals surface area contributed by atoms with E-state index in [1.165, 1.54) is 37.8 Å². The summed E-state index contributed by atoms with van der Waals surface area (Å²) in [6.07, 6.45) is 6.46. The molecule has 112 valence electrons. The molecule has 2 atom stereocenters. The topological polar surface area (TPSA) is 15.3 Å². The zero-order valence-corrected chi connectivity index (χ0v) is 13.5. The van der Waals surface area contributed by atoms with Crippen LogP contribution < -0.4 is 5.32 Å². The predicted molar refractivity (Wildman–Crippen MR) is 87.4 cm³/mol. The van der Waals surface area contributed by atoms with Gasteiger partial charge in [0.25, 0.3) is 0 Å². The number of halogens is 1. The van der Waals surface area contributed by atoms with E-state index in [1.807, 2.05) is 19.2 Å². The van der Waals surface area contributed by atoms with Gasteiger partial charge in [-0.3, -0.25) is 4.90 Å². The Balaban J connectivity index is 2.12. The van der Waals surface area contributed by atoms with E-state index >= 15 is 0 Å². The van der Waals surface area contributed by atoms with Crippen molar-refractivity contribution >= 4 is 11.6 Å². The molecule has 20 heavy (non-hydrogen) atoms. The average Bonchev–Trinajstić information content (AvgIpc) is 2.49. The molecule has 1 heterocycles. The average molecular weight is 295 g/mol. The molecule has 3 heteroatoms. The number of likely N-dealkylation sites (tertiary alicyclic amines) is 1. The van der Waals surface area contributed by atoms with Crippen molar-refractivity contribution in [3.63, 3.8) is 0 Å². The summed E-state index contributed by atoms with van der Waals surface area (Å²) < 4.78 is 0. The first-order chi connectivity index (χ1) is 9.76. The molecule has 1 aromatic rings. The van der Waals surface area contributed by atoms with Crippen molar-refractivity contribution in [1.82, 2.24) is 10.2 Å². The van der Waals surface area contributed by atoms with Crippen molar-refractivity contribution in [2.45, 2.75) is 51.1 Å². The monoisotopic (exact) mass is 294 g/mol. The maximum atomic E-state index is 6.02. The highest BCUT2D eigenvalue weighted by Gasteiger charge is 2.28. The zero-order valence-electron chi connectivity index (χ0n) is 12.7. The maximum absolute atomic E-state index is 6.02. The van der Waals surface area contributed by atoms with Crippen LogP contribution in [0.3, 0.4) is 0 Å². The molecule has 2 unspecified atom stereocenters. The van der Waals surface area contributed by atoms with Crippen LogP contribution >= 0.6 is 11.6 Å². The van der Waals surface area contributed by atoms with Crippen molar-refractivity contribution in [2.24, 2.45) is 0 Å². The van der Waals surface area contributed by atoms with Crippen LogP contribution in [-0.2, 0) is 0 Å². The van der Waals surface area contributed by atoms with E-state index in [0.29, 0.717) is 6.04 Å². The molecule has 0 amide bonds. The van der Waals surface area contributed by atoms with Gasteiger partial charge in [-0.1, -0.05) is 37.1 Å². The number of rotatable bonds is 6. The molecule has 1 aliphatic rings. The lowest BCUT2D eigenvalue weighted by Gasteiger charge is -2.41. The summed E-state index contributed by atoms with van der Waals surface area (Å²) in [5, 5.41) is 4.12. The van der Waals surface area contributed by atoms with E-state index in [-0.39, 0.29) is 0 Å². The molecule has 2 nitrogen and oxygen atoms in total. The van der Waals surface area contributed by atoms with E-state index in [2.05, 4.69) is 29.3 Å². The molecule has 0 spiro atoms. The summed E-state index contributed by atoms with van der Waals surface area (Å²) in [5.41, 5.74) is 1.41. The Morgan fingerprint density at radius 1 is 1.30 bits per heavy atom. The van der Waals surface area contributed by atoms with Crippen LogP contribution in [0.15, 0.2) is 24.3 Å². The summed E-state index contributed by atoms with van der Waals surface area (Å²) in [5.74, 6) is 0. The number of nitrogens with one attached hydrogen (secondary N) is 1. The molecule has 1 aromatic carbocycles.